The van der Waals surface area contributed by atoms with Crippen molar-refractivity contribution in [1.82, 2.24) is 15.5 Å². The molecule has 5 atom stereocenters. The van der Waals surface area contributed by atoms with Gasteiger partial charge >= 0.3 is 5.97 Å². The van der Waals surface area contributed by atoms with Crippen LogP contribution in [0.5, 0.6) is 0 Å². The highest BCUT2D eigenvalue weighted by molar-refractivity contribution is 5.95. The predicted octanol–water partition coefficient (Wildman–Crippen LogP) is -1.59. The number of unbranched alkanes of at least 4 members (excludes halogenated alkanes) is 1. The summed E-state index contributed by atoms with van der Waals surface area (Å²) < 4.78 is 0. The van der Waals surface area contributed by atoms with Crippen molar-refractivity contribution in [3.63, 3.8) is 0 Å². The number of aliphatic carboxylic acids is 1. The van der Waals surface area contributed by atoms with Gasteiger partial charge in [-0.1, -0.05) is 26.7 Å². The van der Waals surface area contributed by atoms with Crippen LogP contribution in [0.1, 0.15) is 58.8 Å². The van der Waals surface area contributed by atoms with E-state index in [1.54, 1.807) is 6.92 Å². The van der Waals surface area contributed by atoms with Gasteiger partial charge < -0.3 is 37.8 Å². The Kier molecular flexibility index (Phi) is 11.8. The van der Waals surface area contributed by atoms with Crippen molar-refractivity contribution in [3.8, 4) is 0 Å². The summed E-state index contributed by atoms with van der Waals surface area (Å²) in [6.45, 7) is 4.46. The zero-order chi connectivity index (χ0) is 25.1. The van der Waals surface area contributed by atoms with Crippen molar-refractivity contribution in [2.75, 3.05) is 13.1 Å². The number of nitrogens with one attached hydrogen (secondary N) is 2. The summed E-state index contributed by atoms with van der Waals surface area (Å²) in [5.74, 6) is -4.18. The van der Waals surface area contributed by atoms with E-state index in [0.717, 1.165) is 6.42 Å². The Bertz CT molecular complexity index is 717. The van der Waals surface area contributed by atoms with E-state index < -0.39 is 54.3 Å². The van der Waals surface area contributed by atoms with E-state index >= 15 is 0 Å². The minimum absolute atomic E-state index is 0.318. The second-order valence-electron chi connectivity index (χ2n) is 8.52. The summed E-state index contributed by atoms with van der Waals surface area (Å²) in [5, 5.41) is 14.2. The zero-order valence-corrected chi connectivity index (χ0v) is 19.4. The fraction of sp³-hybridized carbons (Fsp3) is 0.762. The van der Waals surface area contributed by atoms with Crippen molar-refractivity contribution < 1.29 is 29.1 Å². The van der Waals surface area contributed by atoms with Gasteiger partial charge in [-0.15, -0.1) is 0 Å². The maximum atomic E-state index is 13.0. The molecular weight excluding hydrogens is 432 g/mol. The lowest BCUT2D eigenvalue weighted by atomic mass is 9.97. The number of carboxylic acid groups (broad SMARTS) is 1. The number of likely N-dealkylation sites (tertiary alicyclic amines) is 1. The molecule has 0 aromatic rings. The Morgan fingerprint density at radius 2 is 1.82 bits per heavy atom. The second kappa shape index (κ2) is 13.7. The lowest BCUT2D eigenvalue weighted by Crippen LogP contribution is -2.58. The Balaban J connectivity index is 2.90. The first-order valence-corrected chi connectivity index (χ1v) is 11.4. The zero-order valence-electron chi connectivity index (χ0n) is 19.4. The standard InChI is InChI=1S/C21H38N6O6/c1-3-12(2)17(19(30)25-14(21(32)33)11-16(24)28)26-18(29)15-8-6-10-27(15)20(31)13(23)7-4-5-9-22/h12-15,17H,3-11,22-23H2,1-2H3,(H2,24,28)(H,25,30)(H,26,29)(H,32,33). The van der Waals surface area contributed by atoms with Gasteiger partial charge in [-0.2, -0.15) is 0 Å². The fourth-order valence-corrected chi connectivity index (χ4v) is 3.76. The Morgan fingerprint density at radius 1 is 1.15 bits per heavy atom. The summed E-state index contributed by atoms with van der Waals surface area (Å²) in [7, 11) is 0. The van der Waals surface area contributed by atoms with Crippen molar-refractivity contribution >= 4 is 29.6 Å². The maximum absolute atomic E-state index is 13.0. The molecule has 0 aromatic heterocycles. The van der Waals surface area contributed by atoms with E-state index in [1.165, 1.54) is 4.90 Å². The quantitative estimate of drug-likeness (QED) is 0.162. The smallest absolute Gasteiger partial charge is 0.326 e. The van der Waals surface area contributed by atoms with Gasteiger partial charge in [0, 0.05) is 6.54 Å². The molecule has 0 radical (unpaired) electrons. The molecule has 1 heterocycles. The minimum Gasteiger partial charge on any atom is -0.480 e. The van der Waals surface area contributed by atoms with Crippen LogP contribution < -0.4 is 27.8 Å². The number of amides is 4. The van der Waals surface area contributed by atoms with E-state index in [4.69, 9.17) is 17.2 Å². The molecule has 1 rings (SSSR count). The first-order valence-electron chi connectivity index (χ1n) is 11.4. The van der Waals surface area contributed by atoms with E-state index in [-0.39, 0.29) is 11.8 Å². The molecule has 188 valence electrons. The van der Waals surface area contributed by atoms with Gasteiger partial charge in [0.15, 0.2) is 0 Å². The van der Waals surface area contributed by atoms with Crippen LogP contribution in [0.15, 0.2) is 0 Å². The average molecular weight is 471 g/mol. The van der Waals surface area contributed by atoms with Gasteiger partial charge in [0.2, 0.25) is 23.6 Å². The number of hydrogen-bond acceptors (Lipinski definition) is 7. The summed E-state index contributed by atoms with van der Waals surface area (Å²) in [4.78, 5) is 62.6. The Labute approximate surface area is 194 Å². The molecule has 9 N–H and O–H groups in total. The lowest BCUT2D eigenvalue weighted by molar-refractivity contribution is -0.144. The van der Waals surface area contributed by atoms with Gasteiger partial charge in [-0.3, -0.25) is 19.2 Å². The summed E-state index contributed by atoms with van der Waals surface area (Å²) in [6.07, 6.45) is 2.93. The van der Waals surface area contributed by atoms with Gasteiger partial charge in [0.05, 0.1) is 12.5 Å². The van der Waals surface area contributed by atoms with Crippen molar-refractivity contribution in [2.45, 2.75) is 83.0 Å². The third kappa shape index (κ3) is 8.61. The molecule has 1 saturated heterocycles. The summed E-state index contributed by atoms with van der Waals surface area (Å²) in [6, 6.07) is -4.05. The summed E-state index contributed by atoms with van der Waals surface area (Å²) in [5.41, 5.74) is 16.6. The Hall–Kier alpha value is -2.73. The number of carboxylic acids is 1. The van der Waals surface area contributed by atoms with Gasteiger partial charge in [-0.25, -0.2) is 4.79 Å². The molecule has 0 spiro atoms. The molecular formula is C21H38N6O6. The molecule has 12 nitrogen and oxygen atoms in total. The van der Waals surface area contributed by atoms with Crippen LogP contribution in [-0.4, -0.2) is 76.9 Å². The highest BCUT2D eigenvalue weighted by Crippen LogP contribution is 2.20. The number of carbonyl (C=O) groups excluding carboxylic acids is 4. The molecule has 1 aliphatic heterocycles. The van der Waals surface area contributed by atoms with Crippen LogP contribution in [0, 0.1) is 5.92 Å². The van der Waals surface area contributed by atoms with Crippen LogP contribution in [-0.2, 0) is 24.0 Å². The van der Waals surface area contributed by atoms with Crippen molar-refractivity contribution in [2.24, 2.45) is 23.1 Å². The number of hydrogen-bond donors (Lipinski definition) is 6. The third-order valence-corrected chi connectivity index (χ3v) is 5.94. The van der Waals surface area contributed by atoms with Gasteiger partial charge in [0.1, 0.15) is 18.1 Å². The molecule has 0 aliphatic carbocycles. The molecule has 1 fully saturated rings. The van der Waals surface area contributed by atoms with E-state index in [9.17, 15) is 29.1 Å². The first-order chi connectivity index (χ1) is 15.5. The molecule has 33 heavy (non-hydrogen) atoms. The molecule has 5 unspecified atom stereocenters. The highest BCUT2D eigenvalue weighted by atomic mass is 16.4. The summed E-state index contributed by atoms with van der Waals surface area (Å²) >= 11 is 0. The highest BCUT2D eigenvalue weighted by Gasteiger charge is 2.38. The SMILES string of the molecule is CCC(C)C(NC(=O)C1CCCN1C(=O)C(N)CCCCN)C(=O)NC(CC(N)=O)C(=O)O. The van der Waals surface area contributed by atoms with E-state index in [2.05, 4.69) is 10.6 Å². The normalized spacial score (nSPS) is 19.3. The first kappa shape index (κ1) is 28.3. The van der Waals surface area contributed by atoms with E-state index in [0.29, 0.717) is 45.2 Å². The van der Waals surface area contributed by atoms with Gasteiger partial charge in [-0.05, 0) is 38.1 Å². The van der Waals surface area contributed by atoms with Crippen LogP contribution in [0.25, 0.3) is 0 Å². The minimum atomic E-state index is -1.51. The largest absolute Gasteiger partial charge is 0.480 e. The third-order valence-electron chi connectivity index (χ3n) is 5.94. The number of carbonyl (C=O) groups is 5. The lowest BCUT2D eigenvalue weighted by Gasteiger charge is -2.30. The molecule has 0 aromatic carbocycles. The van der Waals surface area contributed by atoms with Crippen LogP contribution in [0.3, 0.4) is 0 Å². The molecule has 4 amide bonds. The maximum Gasteiger partial charge on any atom is 0.326 e. The van der Waals surface area contributed by atoms with Gasteiger partial charge in [0.25, 0.3) is 0 Å². The predicted molar refractivity (Wildman–Crippen MR) is 120 cm³/mol. The van der Waals surface area contributed by atoms with Crippen LogP contribution >= 0.6 is 0 Å². The number of nitrogens with zero attached hydrogens (tertiary/aromatic N) is 1. The molecule has 1 aliphatic rings. The number of rotatable bonds is 14. The molecule has 12 heteroatoms. The molecule has 0 saturated carbocycles. The van der Waals surface area contributed by atoms with Crippen LogP contribution in [0.4, 0.5) is 0 Å². The number of nitrogens with two attached hydrogens (primary N) is 3. The average Bonchev–Trinajstić information content (AvgIpc) is 3.25. The monoisotopic (exact) mass is 470 g/mol. The van der Waals surface area contributed by atoms with E-state index in [1.807, 2.05) is 6.92 Å². The molecule has 0 bridgehead atoms. The van der Waals surface area contributed by atoms with Crippen LogP contribution in [0.2, 0.25) is 0 Å². The fourth-order valence-electron chi connectivity index (χ4n) is 3.76. The van der Waals surface area contributed by atoms with Crippen molar-refractivity contribution in [3.05, 3.63) is 0 Å². The Morgan fingerprint density at radius 3 is 2.36 bits per heavy atom. The topological polar surface area (TPSA) is 211 Å². The number of primary amides is 1. The second-order valence-corrected chi connectivity index (χ2v) is 8.52. The van der Waals surface area contributed by atoms with Crippen molar-refractivity contribution in [1.29, 1.82) is 0 Å².